The van der Waals surface area contributed by atoms with Gasteiger partial charge in [-0.3, -0.25) is 4.79 Å². The molecule has 4 rings (SSSR count). The van der Waals surface area contributed by atoms with Crippen LogP contribution in [0.5, 0.6) is 0 Å². The Morgan fingerprint density at radius 2 is 1.41 bits per heavy atom. The first kappa shape index (κ1) is 27.9. The van der Waals surface area contributed by atoms with Crippen LogP contribution in [0, 0.1) is 0 Å². The maximum absolute atomic E-state index is 14.0. The van der Waals surface area contributed by atoms with E-state index in [0.717, 1.165) is 22.3 Å². The zero-order valence-electron chi connectivity index (χ0n) is 22.7. The van der Waals surface area contributed by atoms with Gasteiger partial charge in [0.05, 0.1) is 5.41 Å². The highest BCUT2D eigenvalue weighted by Gasteiger charge is 2.45. The van der Waals surface area contributed by atoms with Crippen molar-refractivity contribution < 1.29 is 24.2 Å². The number of rotatable bonds is 7. The van der Waals surface area contributed by atoms with Crippen molar-refractivity contribution in [2.45, 2.75) is 57.1 Å². The molecule has 1 aliphatic rings. The van der Waals surface area contributed by atoms with E-state index in [1.165, 1.54) is 0 Å². The molecule has 1 fully saturated rings. The highest BCUT2D eigenvalue weighted by Crippen LogP contribution is 2.37. The number of carboxylic acids is 1. The molecule has 7 nitrogen and oxygen atoms in total. The maximum atomic E-state index is 14.0. The predicted octanol–water partition coefficient (Wildman–Crippen LogP) is 5.43. The van der Waals surface area contributed by atoms with Crippen LogP contribution in [0.4, 0.5) is 4.79 Å². The number of carboxylic acid groups (broad SMARTS) is 1. The van der Waals surface area contributed by atoms with E-state index in [1.54, 1.807) is 4.90 Å². The molecule has 2 amide bonds. The number of benzene rings is 3. The SMILES string of the molecule is CC(C)(C)OC(=O)N1CCC(C(=O)N[C@@H](Cc2ccccc2)C(=O)O)(c2ccc(-c3ccccc3)cc2)CC1. The summed E-state index contributed by atoms with van der Waals surface area (Å²) in [4.78, 5) is 40.5. The third-order valence-electron chi connectivity index (χ3n) is 7.13. The van der Waals surface area contributed by atoms with Crippen molar-refractivity contribution in [3.05, 3.63) is 96.1 Å². The van der Waals surface area contributed by atoms with Crippen LogP contribution in [-0.4, -0.2) is 52.7 Å². The molecule has 1 saturated heterocycles. The van der Waals surface area contributed by atoms with Gasteiger partial charge in [0.25, 0.3) is 0 Å². The number of amides is 2. The van der Waals surface area contributed by atoms with E-state index in [9.17, 15) is 19.5 Å². The quantitative estimate of drug-likeness (QED) is 0.426. The average Bonchev–Trinajstić information content (AvgIpc) is 2.93. The Balaban J connectivity index is 1.61. The minimum Gasteiger partial charge on any atom is -0.480 e. The third kappa shape index (κ3) is 6.85. The highest BCUT2D eigenvalue weighted by atomic mass is 16.6. The van der Waals surface area contributed by atoms with E-state index in [1.807, 2.05) is 106 Å². The summed E-state index contributed by atoms with van der Waals surface area (Å²) in [5, 5.41) is 12.8. The monoisotopic (exact) mass is 528 g/mol. The average molecular weight is 529 g/mol. The molecule has 7 heteroatoms. The van der Waals surface area contributed by atoms with Crippen LogP contribution in [-0.2, 0) is 26.2 Å². The second-order valence-corrected chi connectivity index (χ2v) is 11.0. The third-order valence-corrected chi connectivity index (χ3v) is 7.13. The predicted molar refractivity (Wildman–Crippen MR) is 150 cm³/mol. The molecule has 0 bridgehead atoms. The van der Waals surface area contributed by atoms with Gasteiger partial charge in [-0.05, 0) is 55.9 Å². The van der Waals surface area contributed by atoms with Crippen LogP contribution in [0.1, 0.15) is 44.7 Å². The van der Waals surface area contributed by atoms with E-state index in [0.29, 0.717) is 25.9 Å². The largest absolute Gasteiger partial charge is 0.480 e. The van der Waals surface area contributed by atoms with Gasteiger partial charge in [-0.2, -0.15) is 0 Å². The number of piperidine rings is 1. The number of carbonyl (C=O) groups excluding carboxylic acids is 2. The van der Waals surface area contributed by atoms with E-state index in [4.69, 9.17) is 4.74 Å². The van der Waals surface area contributed by atoms with E-state index in [2.05, 4.69) is 5.32 Å². The molecular formula is C32H36N2O5. The zero-order valence-corrected chi connectivity index (χ0v) is 22.7. The second-order valence-electron chi connectivity index (χ2n) is 11.0. The van der Waals surface area contributed by atoms with Crippen LogP contribution in [0.2, 0.25) is 0 Å². The van der Waals surface area contributed by atoms with Crippen LogP contribution in [0.3, 0.4) is 0 Å². The van der Waals surface area contributed by atoms with Gasteiger partial charge in [-0.1, -0.05) is 84.9 Å². The Morgan fingerprint density at radius 3 is 1.95 bits per heavy atom. The highest BCUT2D eigenvalue weighted by molar-refractivity contribution is 5.92. The molecular weight excluding hydrogens is 492 g/mol. The van der Waals surface area contributed by atoms with Gasteiger partial charge >= 0.3 is 12.1 Å². The van der Waals surface area contributed by atoms with Crippen molar-refractivity contribution in [1.29, 1.82) is 0 Å². The van der Waals surface area contributed by atoms with Gasteiger partial charge < -0.3 is 20.1 Å². The topological polar surface area (TPSA) is 95.9 Å². The Labute approximate surface area is 229 Å². The van der Waals surface area contributed by atoms with Gasteiger partial charge in [-0.15, -0.1) is 0 Å². The van der Waals surface area contributed by atoms with Gasteiger partial charge in [0.2, 0.25) is 5.91 Å². The molecule has 0 aromatic heterocycles. The normalized spacial score (nSPS) is 15.7. The minimum absolute atomic E-state index is 0.176. The first-order chi connectivity index (χ1) is 18.6. The fourth-order valence-electron chi connectivity index (χ4n) is 5.00. The lowest BCUT2D eigenvalue weighted by Gasteiger charge is -2.41. The molecule has 204 valence electrons. The van der Waals surface area contributed by atoms with Crippen LogP contribution >= 0.6 is 0 Å². The number of hydrogen-bond acceptors (Lipinski definition) is 4. The molecule has 3 aromatic rings. The van der Waals surface area contributed by atoms with Crippen LogP contribution in [0.25, 0.3) is 11.1 Å². The fraction of sp³-hybridized carbons (Fsp3) is 0.344. The first-order valence-corrected chi connectivity index (χ1v) is 13.3. The summed E-state index contributed by atoms with van der Waals surface area (Å²) in [6.45, 7) is 6.09. The number of aliphatic carboxylic acids is 1. The van der Waals surface area contributed by atoms with Gasteiger partial charge in [0, 0.05) is 19.5 Å². The number of hydrogen-bond donors (Lipinski definition) is 2. The molecule has 0 saturated carbocycles. The Kier molecular flexibility index (Phi) is 8.38. The second kappa shape index (κ2) is 11.7. The summed E-state index contributed by atoms with van der Waals surface area (Å²) in [7, 11) is 0. The van der Waals surface area contributed by atoms with E-state index in [-0.39, 0.29) is 12.3 Å². The van der Waals surface area contributed by atoms with Crippen molar-refractivity contribution in [2.24, 2.45) is 0 Å². The number of likely N-dealkylation sites (tertiary alicyclic amines) is 1. The molecule has 0 unspecified atom stereocenters. The van der Waals surface area contributed by atoms with Crippen molar-refractivity contribution in [1.82, 2.24) is 10.2 Å². The van der Waals surface area contributed by atoms with E-state index >= 15 is 0 Å². The summed E-state index contributed by atoms with van der Waals surface area (Å²) >= 11 is 0. The van der Waals surface area contributed by atoms with Gasteiger partial charge in [-0.25, -0.2) is 9.59 Å². The molecule has 0 radical (unpaired) electrons. The lowest BCUT2D eigenvalue weighted by atomic mass is 9.71. The van der Waals surface area contributed by atoms with Crippen molar-refractivity contribution >= 4 is 18.0 Å². The molecule has 0 spiro atoms. The van der Waals surface area contributed by atoms with Gasteiger partial charge in [0.15, 0.2) is 0 Å². The van der Waals surface area contributed by atoms with Crippen LogP contribution < -0.4 is 5.32 Å². The lowest BCUT2D eigenvalue weighted by Crippen LogP contribution is -2.56. The maximum Gasteiger partial charge on any atom is 0.410 e. The molecule has 1 heterocycles. The summed E-state index contributed by atoms with van der Waals surface area (Å²) in [6, 6.07) is 26.0. The Hall–Kier alpha value is -4.13. The van der Waals surface area contributed by atoms with Gasteiger partial charge in [0.1, 0.15) is 11.6 Å². The number of ether oxygens (including phenoxy) is 1. The Bertz CT molecular complexity index is 1280. The van der Waals surface area contributed by atoms with Crippen molar-refractivity contribution in [3.8, 4) is 11.1 Å². The summed E-state index contributed by atoms with van der Waals surface area (Å²) < 4.78 is 5.55. The smallest absolute Gasteiger partial charge is 0.410 e. The molecule has 39 heavy (non-hydrogen) atoms. The molecule has 1 aliphatic heterocycles. The molecule has 3 aromatic carbocycles. The zero-order chi connectivity index (χ0) is 28.0. The summed E-state index contributed by atoms with van der Waals surface area (Å²) in [6.07, 6.45) is 0.457. The number of nitrogens with one attached hydrogen (secondary N) is 1. The Morgan fingerprint density at radius 1 is 0.872 bits per heavy atom. The molecule has 1 atom stereocenters. The summed E-state index contributed by atoms with van der Waals surface area (Å²) in [5.41, 5.74) is 2.10. The number of carbonyl (C=O) groups is 3. The van der Waals surface area contributed by atoms with Crippen LogP contribution in [0.15, 0.2) is 84.9 Å². The fourth-order valence-corrected chi connectivity index (χ4v) is 5.00. The molecule has 0 aliphatic carbocycles. The van der Waals surface area contributed by atoms with Crippen molar-refractivity contribution in [3.63, 3.8) is 0 Å². The number of nitrogens with zero attached hydrogens (tertiary/aromatic N) is 1. The minimum atomic E-state index is -1.09. The molecule has 2 N–H and O–H groups in total. The van der Waals surface area contributed by atoms with Crippen molar-refractivity contribution in [2.75, 3.05) is 13.1 Å². The first-order valence-electron chi connectivity index (χ1n) is 13.3. The van der Waals surface area contributed by atoms with E-state index < -0.39 is 29.1 Å². The lowest BCUT2D eigenvalue weighted by molar-refractivity contribution is -0.143. The standard InChI is InChI=1S/C32H36N2O5/c1-31(2,3)39-30(38)34-20-18-32(19-21-34,26-16-14-25(15-17-26)24-12-8-5-9-13-24)29(37)33-27(28(35)36)22-23-10-6-4-7-11-23/h4-17,27H,18-22H2,1-3H3,(H,33,37)(H,35,36)/t27-/m0/s1. The summed E-state index contributed by atoms with van der Waals surface area (Å²) in [5.74, 6) is -1.44.